The lowest BCUT2D eigenvalue weighted by molar-refractivity contribution is 0.0794. The Bertz CT molecular complexity index is 685. The number of aryl methyl sites for hydroxylation is 2. The first kappa shape index (κ1) is 15.8. The van der Waals surface area contributed by atoms with E-state index in [4.69, 9.17) is 8.83 Å². The third-order valence-electron chi connectivity index (χ3n) is 3.05. The van der Waals surface area contributed by atoms with Crippen molar-refractivity contribution < 1.29 is 18.4 Å². The SMILES string of the molecule is CCc1nc(C)c(C(=O)NCc2ccc(C(=O)N(C)C)o2)o1. The number of nitrogens with one attached hydrogen (secondary N) is 1. The molecule has 0 unspecified atom stereocenters. The molecule has 0 fully saturated rings. The summed E-state index contributed by atoms with van der Waals surface area (Å²) in [6, 6.07) is 3.24. The molecule has 7 nitrogen and oxygen atoms in total. The Morgan fingerprint density at radius 2 is 2.00 bits per heavy atom. The Balaban J connectivity index is 1.99. The van der Waals surface area contributed by atoms with Crippen molar-refractivity contribution in [3.05, 3.63) is 41.0 Å². The van der Waals surface area contributed by atoms with E-state index >= 15 is 0 Å². The van der Waals surface area contributed by atoms with Gasteiger partial charge < -0.3 is 19.1 Å². The van der Waals surface area contributed by atoms with Gasteiger partial charge >= 0.3 is 0 Å². The van der Waals surface area contributed by atoms with Crippen LogP contribution in [0.25, 0.3) is 0 Å². The first-order valence-corrected chi connectivity index (χ1v) is 6.97. The summed E-state index contributed by atoms with van der Waals surface area (Å²) in [6.07, 6.45) is 0.627. The lowest BCUT2D eigenvalue weighted by atomic mass is 10.3. The molecule has 0 aliphatic rings. The third kappa shape index (κ3) is 3.36. The molecule has 0 aliphatic heterocycles. The molecule has 2 aromatic rings. The minimum Gasteiger partial charge on any atom is -0.454 e. The Kier molecular flexibility index (Phi) is 4.65. The minimum atomic E-state index is -0.360. The van der Waals surface area contributed by atoms with Gasteiger partial charge in [-0.1, -0.05) is 6.92 Å². The van der Waals surface area contributed by atoms with Gasteiger partial charge in [0.15, 0.2) is 11.7 Å². The first-order chi connectivity index (χ1) is 10.4. The van der Waals surface area contributed by atoms with Gasteiger partial charge in [0.25, 0.3) is 11.8 Å². The fourth-order valence-electron chi connectivity index (χ4n) is 1.87. The summed E-state index contributed by atoms with van der Waals surface area (Å²) in [4.78, 5) is 29.3. The van der Waals surface area contributed by atoms with Crippen LogP contribution in [-0.2, 0) is 13.0 Å². The van der Waals surface area contributed by atoms with Crippen molar-refractivity contribution in [1.29, 1.82) is 0 Å². The lowest BCUT2D eigenvalue weighted by Gasteiger charge is -2.06. The molecule has 118 valence electrons. The Labute approximate surface area is 128 Å². The van der Waals surface area contributed by atoms with Crippen molar-refractivity contribution in [3.8, 4) is 0 Å². The Morgan fingerprint density at radius 1 is 1.27 bits per heavy atom. The molecule has 2 rings (SSSR count). The molecule has 0 bridgehead atoms. The number of furan rings is 1. The molecule has 0 atom stereocenters. The van der Waals surface area contributed by atoms with Crippen molar-refractivity contribution in [2.75, 3.05) is 14.1 Å². The first-order valence-electron chi connectivity index (χ1n) is 6.97. The number of amides is 2. The fourth-order valence-corrected chi connectivity index (χ4v) is 1.87. The number of hydrogen-bond donors (Lipinski definition) is 1. The van der Waals surface area contributed by atoms with Gasteiger partial charge in [-0.05, 0) is 19.1 Å². The largest absolute Gasteiger partial charge is 0.454 e. The van der Waals surface area contributed by atoms with Crippen LogP contribution in [0.15, 0.2) is 21.0 Å². The van der Waals surface area contributed by atoms with Crippen molar-refractivity contribution in [2.45, 2.75) is 26.8 Å². The van der Waals surface area contributed by atoms with Gasteiger partial charge in [0.05, 0.1) is 12.2 Å². The summed E-state index contributed by atoms with van der Waals surface area (Å²) in [5.74, 6) is 0.870. The molecule has 22 heavy (non-hydrogen) atoms. The number of nitrogens with zero attached hydrogens (tertiary/aromatic N) is 2. The second kappa shape index (κ2) is 6.46. The summed E-state index contributed by atoms with van der Waals surface area (Å²) in [5.41, 5.74) is 0.553. The zero-order valence-electron chi connectivity index (χ0n) is 13.1. The molecule has 2 amide bonds. The van der Waals surface area contributed by atoms with Crippen molar-refractivity contribution in [1.82, 2.24) is 15.2 Å². The van der Waals surface area contributed by atoms with Crippen LogP contribution >= 0.6 is 0 Å². The summed E-state index contributed by atoms with van der Waals surface area (Å²) < 4.78 is 10.8. The molecule has 2 aromatic heterocycles. The molecule has 2 heterocycles. The highest BCUT2D eigenvalue weighted by molar-refractivity contribution is 5.92. The zero-order valence-corrected chi connectivity index (χ0v) is 13.1. The van der Waals surface area contributed by atoms with Gasteiger partial charge in [-0.15, -0.1) is 0 Å². The van der Waals surface area contributed by atoms with E-state index in [0.29, 0.717) is 23.8 Å². The number of hydrogen-bond acceptors (Lipinski definition) is 5. The van der Waals surface area contributed by atoms with Crippen molar-refractivity contribution >= 4 is 11.8 Å². The molecule has 0 aromatic carbocycles. The second-order valence-electron chi connectivity index (χ2n) is 5.02. The summed E-state index contributed by atoms with van der Waals surface area (Å²) in [5, 5.41) is 2.68. The average Bonchev–Trinajstić information content (AvgIpc) is 3.10. The number of rotatable bonds is 5. The molecule has 0 aliphatic carbocycles. The highest BCUT2D eigenvalue weighted by Crippen LogP contribution is 2.12. The van der Waals surface area contributed by atoms with E-state index < -0.39 is 0 Å². The molecule has 0 saturated carbocycles. The third-order valence-corrected chi connectivity index (χ3v) is 3.05. The molecular formula is C15H19N3O4. The van der Waals surface area contributed by atoms with Gasteiger partial charge in [-0.3, -0.25) is 9.59 Å². The number of carbonyl (C=O) groups is 2. The molecule has 0 saturated heterocycles. The van der Waals surface area contributed by atoms with Gasteiger partial charge in [0.2, 0.25) is 5.76 Å². The van der Waals surface area contributed by atoms with Crippen molar-refractivity contribution in [3.63, 3.8) is 0 Å². The van der Waals surface area contributed by atoms with Gasteiger partial charge in [0, 0.05) is 20.5 Å². The van der Waals surface area contributed by atoms with Crippen LogP contribution in [-0.4, -0.2) is 35.8 Å². The number of aromatic nitrogens is 1. The standard InChI is InChI=1S/C15H19N3O4/c1-5-12-17-9(2)13(22-12)14(19)16-8-10-6-7-11(21-10)15(20)18(3)4/h6-7H,5,8H2,1-4H3,(H,16,19). The van der Waals surface area contributed by atoms with Crippen LogP contribution in [0, 0.1) is 6.92 Å². The molecule has 7 heteroatoms. The van der Waals surface area contributed by atoms with Crippen LogP contribution in [0.4, 0.5) is 0 Å². The van der Waals surface area contributed by atoms with Crippen LogP contribution in [0.1, 0.15) is 45.4 Å². The number of carbonyl (C=O) groups excluding carboxylic acids is 2. The lowest BCUT2D eigenvalue weighted by Crippen LogP contribution is -2.23. The highest BCUT2D eigenvalue weighted by Gasteiger charge is 2.18. The summed E-state index contributed by atoms with van der Waals surface area (Å²) in [7, 11) is 3.29. The average molecular weight is 305 g/mol. The van der Waals surface area contributed by atoms with Gasteiger partial charge in [0.1, 0.15) is 5.76 Å². The normalized spacial score (nSPS) is 10.5. The summed E-state index contributed by atoms with van der Waals surface area (Å²) >= 11 is 0. The van der Waals surface area contributed by atoms with Gasteiger partial charge in [-0.2, -0.15) is 0 Å². The van der Waals surface area contributed by atoms with Crippen LogP contribution in [0.5, 0.6) is 0 Å². The summed E-state index contributed by atoms with van der Waals surface area (Å²) in [6.45, 7) is 3.79. The Morgan fingerprint density at radius 3 is 2.59 bits per heavy atom. The zero-order chi connectivity index (χ0) is 16.3. The van der Waals surface area contributed by atoms with Crippen LogP contribution in [0.3, 0.4) is 0 Å². The van der Waals surface area contributed by atoms with E-state index in [1.165, 1.54) is 4.90 Å². The maximum Gasteiger partial charge on any atom is 0.289 e. The van der Waals surface area contributed by atoms with E-state index in [1.807, 2.05) is 6.92 Å². The van der Waals surface area contributed by atoms with Crippen LogP contribution < -0.4 is 5.32 Å². The van der Waals surface area contributed by atoms with Crippen LogP contribution in [0.2, 0.25) is 0 Å². The monoisotopic (exact) mass is 305 g/mol. The topological polar surface area (TPSA) is 88.6 Å². The van der Waals surface area contributed by atoms with E-state index in [9.17, 15) is 9.59 Å². The second-order valence-corrected chi connectivity index (χ2v) is 5.02. The van der Waals surface area contributed by atoms with E-state index in [2.05, 4.69) is 10.3 Å². The molecule has 1 N–H and O–H groups in total. The van der Waals surface area contributed by atoms with Gasteiger partial charge in [-0.25, -0.2) is 4.98 Å². The van der Waals surface area contributed by atoms with E-state index in [0.717, 1.165) is 0 Å². The maximum absolute atomic E-state index is 12.1. The highest BCUT2D eigenvalue weighted by atomic mass is 16.4. The quantitative estimate of drug-likeness (QED) is 0.909. The van der Waals surface area contributed by atoms with Crippen molar-refractivity contribution in [2.24, 2.45) is 0 Å². The van der Waals surface area contributed by atoms with E-state index in [1.54, 1.807) is 33.2 Å². The smallest absolute Gasteiger partial charge is 0.289 e. The fraction of sp³-hybridized carbons (Fsp3) is 0.400. The van der Waals surface area contributed by atoms with E-state index in [-0.39, 0.29) is 29.9 Å². The molecule has 0 spiro atoms. The minimum absolute atomic E-state index is 0.168. The molecular weight excluding hydrogens is 286 g/mol. The maximum atomic E-state index is 12.1. The number of oxazole rings is 1. The predicted octanol–water partition coefficient (Wildman–Crippen LogP) is 1.77. The molecule has 0 radical (unpaired) electrons. The predicted molar refractivity (Wildman–Crippen MR) is 78.5 cm³/mol. The Hall–Kier alpha value is -2.57.